The second kappa shape index (κ2) is 13.4. The van der Waals surface area contributed by atoms with Crippen LogP contribution in [0.4, 0.5) is 5.69 Å². The Kier molecular flexibility index (Phi) is 11.0. The number of pyridine rings is 1. The van der Waals surface area contributed by atoms with Crippen LogP contribution in [-0.2, 0) is 6.54 Å². The molecule has 35 heavy (non-hydrogen) atoms. The molecule has 1 fully saturated rings. The topological polar surface area (TPSA) is 55.9 Å². The first-order chi connectivity index (χ1) is 16.1. The van der Waals surface area contributed by atoms with Crippen molar-refractivity contribution in [1.29, 1.82) is 0 Å². The van der Waals surface area contributed by atoms with Gasteiger partial charge < -0.3 is 24.4 Å². The summed E-state index contributed by atoms with van der Waals surface area (Å²) in [4.78, 5) is 7.18. The number of hydrogen-bond donors (Lipinski definition) is 1. The molecule has 3 aromatic rings. The van der Waals surface area contributed by atoms with Crippen LogP contribution in [0.25, 0.3) is 11.3 Å². The summed E-state index contributed by atoms with van der Waals surface area (Å²) in [5.74, 6) is 1.82. The Morgan fingerprint density at radius 3 is 2.09 bits per heavy atom. The smallest absolute Gasteiger partial charge is 0.203 e. The largest absolute Gasteiger partial charge is 0.493 e. The fourth-order valence-electron chi connectivity index (χ4n) is 4.44. The van der Waals surface area contributed by atoms with Gasteiger partial charge in [-0.2, -0.15) is 0 Å². The van der Waals surface area contributed by atoms with Gasteiger partial charge in [0.15, 0.2) is 11.5 Å². The highest BCUT2D eigenvalue weighted by Gasteiger charge is 2.22. The molecular formula is C27H35Cl2N3O3. The van der Waals surface area contributed by atoms with Crippen molar-refractivity contribution in [3.63, 3.8) is 0 Å². The number of anilines is 1. The van der Waals surface area contributed by atoms with Crippen molar-refractivity contribution < 1.29 is 14.2 Å². The molecule has 1 saturated heterocycles. The maximum absolute atomic E-state index is 5.54. The van der Waals surface area contributed by atoms with E-state index in [4.69, 9.17) is 14.2 Å². The summed E-state index contributed by atoms with van der Waals surface area (Å²) in [5, 5.41) is 3.48. The van der Waals surface area contributed by atoms with Crippen LogP contribution in [0.2, 0.25) is 0 Å². The van der Waals surface area contributed by atoms with E-state index in [9.17, 15) is 0 Å². The van der Waals surface area contributed by atoms with E-state index in [2.05, 4.69) is 58.5 Å². The van der Waals surface area contributed by atoms with Crippen LogP contribution in [0.5, 0.6) is 17.2 Å². The Morgan fingerprint density at radius 1 is 0.886 bits per heavy atom. The van der Waals surface area contributed by atoms with Gasteiger partial charge in [-0.25, -0.2) is 0 Å². The molecule has 6 nitrogen and oxygen atoms in total. The minimum Gasteiger partial charge on any atom is -0.493 e. The van der Waals surface area contributed by atoms with Gasteiger partial charge in [0.2, 0.25) is 5.75 Å². The zero-order valence-corrected chi connectivity index (χ0v) is 22.4. The number of benzene rings is 2. The van der Waals surface area contributed by atoms with Crippen LogP contribution >= 0.6 is 24.8 Å². The third-order valence-corrected chi connectivity index (χ3v) is 6.25. The second-order valence-electron chi connectivity index (χ2n) is 8.41. The average molecular weight is 521 g/mol. The highest BCUT2D eigenvalue weighted by Crippen LogP contribution is 2.41. The van der Waals surface area contributed by atoms with Crippen LogP contribution in [0.15, 0.2) is 54.7 Å². The summed E-state index contributed by atoms with van der Waals surface area (Å²) in [5.41, 5.74) is 5.56. The molecule has 0 amide bonds. The van der Waals surface area contributed by atoms with Crippen molar-refractivity contribution >= 4 is 30.5 Å². The van der Waals surface area contributed by atoms with Crippen LogP contribution < -0.4 is 24.4 Å². The minimum absolute atomic E-state index is 0. The molecule has 4 rings (SSSR count). The molecule has 0 saturated carbocycles. The number of halogens is 2. The van der Waals surface area contributed by atoms with Crippen LogP contribution in [0.3, 0.4) is 0 Å². The maximum atomic E-state index is 5.54. The van der Waals surface area contributed by atoms with Crippen molar-refractivity contribution in [2.45, 2.75) is 32.4 Å². The van der Waals surface area contributed by atoms with Gasteiger partial charge in [0.1, 0.15) is 0 Å². The standard InChI is InChI=1S/C27H33N3O3.2ClH/c1-19-5-7-22(8-6-19)30(23-10-12-28-13-11-23)18-20-9-14-29-24(15-20)21-16-25(31-2)27(33-4)26(17-21)32-3;;/h5-9,14-17,23,28H,10-13,18H2,1-4H3;2*1H. The van der Waals surface area contributed by atoms with Crippen LogP contribution in [0, 0.1) is 6.92 Å². The number of piperidine rings is 1. The molecule has 0 atom stereocenters. The zero-order valence-electron chi connectivity index (χ0n) is 20.7. The molecular weight excluding hydrogens is 485 g/mol. The number of aryl methyl sites for hydroxylation is 1. The number of aromatic nitrogens is 1. The molecule has 2 aromatic carbocycles. The van der Waals surface area contributed by atoms with Gasteiger partial charge >= 0.3 is 0 Å². The average Bonchev–Trinajstić information content (AvgIpc) is 2.87. The molecule has 0 bridgehead atoms. The van der Waals surface area contributed by atoms with E-state index < -0.39 is 0 Å². The number of nitrogens with zero attached hydrogens (tertiary/aromatic N) is 2. The molecule has 1 aromatic heterocycles. The normalized spacial score (nSPS) is 13.3. The van der Waals surface area contributed by atoms with E-state index in [0.717, 1.165) is 43.7 Å². The Balaban J connectivity index is 0.00000216. The fourth-order valence-corrected chi connectivity index (χ4v) is 4.44. The summed E-state index contributed by atoms with van der Waals surface area (Å²) in [6, 6.07) is 17.5. The number of methoxy groups -OCH3 is 3. The van der Waals surface area contributed by atoms with Gasteiger partial charge in [0.05, 0.1) is 27.0 Å². The van der Waals surface area contributed by atoms with E-state index in [0.29, 0.717) is 23.3 Å². The predicted molar refractivity (Wildman–Crippen MR) is 147 cm³/mol. The number of nitrogens with one attached hydrogen (secondary N) is 1. The molecule has 1 aliphatic rings. The molecule has 1 N–H and O–H groups in total. The first-order valence-electron chi connectivity index (χ1n) is 11.4. The van der Waals surface area contributed by atoms with E-state index in [1.54, 1.807) is 21.3 Å². The van der Waals surface area contributed by atoms with Gasteiger partial charge in [0, 0.05) is 30.0 Å². The van der Waals surface area contributed by atoms with Gasteiger partial charge in [-0.15, -0.1) is 24.8 Å². The molecule has 190 valence electrons. The SMILES string of the molecule is COc1cc(-c2cc(CN(c3ccc(C)cc3)C3CCNCC3)ccn2)cc(OC)c1OC.Cl.Cl. The van der Waals surface area contributed by atoms with Crippen molar-refractivity contribution in [2.75, 3.05) is 39.3 Å². The Labute approximate surface area is 220 Å². The van der Waals surface area contributed by atoms with Gasteiger partial charge in [-0.3, -0.25) is 4.98 Å². The summed E-state index contributed by atoms with van der Waals surface area (Å²) < 4.78 is 16.5. The molecule has 8 heteroatoms. The van der Waals surface area contributed by atoms with Crippen LogP contribution in [0.1, 0.15) is 24.0 Å². The summed E-state index contributed by atoms with van der Waals surface area (Å²) in [7, 11) is 4.87. The lowest BCUT2D eigenvalue weighted by atomic mass is 10.0. The lowest BCUT2D eigenvalue weighted by molar-refractivity contribution is 0.324. The highest BCUT2D eigenvalue weighted by molar-refractivity contribution is 5.85. The first-order valence-corrected chi connectivity index (χ1v) is 11.4. The molecule has 0 spiro atoms. The van der Waals surface area contributed by atoms with E-state index in [1.807, 2.05) is 18.3 Å². The first kappa shape index (κ1) is 28.6. The fraction of sp³-hybridized carbons (Fsp3) is 0.370. The third kappa shape index (κ3) is 6.72. The monoisotopic (exact) mass is 519 g/mol. The Bertz CT molecular complexity index is 1050. The predicted octanol–water partition coefficient (Wildman–Crippen LogP) is 5.69. The number of ether oxygens (including phenoxy) is 3. The molecule has 0 aliphatic carbocycles. The summed E-state index contributed by atoms with van der Waals surface area (Å²) in [6.07, 6.45) is 4.15. The van der Waals surface area contributed by atoms with Crippen molar-refractivity contribution in [1.82, 2.24) is 10.3 Å². The number of rotatable bonds is 8. The maximum Gasteiger partial charge on any atom is 0.203 e. The molecule has 0 radical (unpaired) electrons. The lowest BCUT2D eigenvalue weighted by Gasteiger charge is -2.36. The Hall–Kier alpha value is -2.67. The minimum atomic E-state index is 0. The molecule has 2 heterocycles. The number of hydrogen-bond acceptors (Lipinski definition) is 6. The van der Waals surface area contributed by atoms with Crippen LogP contribution in [-0.4, -0.2) is 45.4 Å². The molecule has 0 unspecified atom stereocenters. The van der Waals surface area contributed by atoms with Crippen molar-refractivity contribution in [3.8, 4) is 28.5 Å². The van der Waals surface area contributed by atoms with Crippen molar-refractivity contribution in [2.24, 2.45) is 0 Å². The zero-order chi connectivity index (χ0) is 23.2. The van der Waals surface area contributed by atoms with Crippen molar-refractivity contribution in [3.05, 3.63) is 65.9 Å². The third-order valence-electron chi connectivity index (χ3n) is 6.25. The second-order valence-corrected chi connectivity index (χ2v) is 8.41. The van der Waals surface area contributed by atoms with E-state index in [1.165, 1.54) is 16.8 Å². The van der Waals surface area contributed by atoms with E-state index in [-0.39, 0.29) is 24.8 Å². The molecule has 1 aliphatic heterocycles. The summed E-state index contributed by atoms with van der Waals surface area (Å²) >= 11 is 0. The Morgan fingerprint density at radius 2 is 1.51 bits per heavy atom. The van der Waals surface area contributed by atoms with Gasteiger partial charge in [-0.05, 0) is 74.8 Å². The lowest BCUT2D eigenvalue weighted by Crippen LogP contribution is -2.43. The summed E-state index contributed by atoms with van der Waals surface area (Å²) in [6.45, 7) is 5.07. The highest BCUT2D eigenvalue weighted by atomic mass is 35.5. The van der Waals surface area contributed by atoms with Gasteiger partial charge in [0.25, 0.3) is 0 Å². The van der Waals surface area contributed by atoms with E-state index >= 15 is 0 Å². The quantitative estimate of drug-likeness (QED) is 0.412. The van der Waals surface area contributed by atoms with Gasteiger partial charge in [-0.1, -0.05) is 17.7 Å².